The first kappa shape index (κ1) is 13.6. The second-order valence-corrected chi connectivity index (χ2v) is 5.69. The molecule has 4 heteroatoms. The second kappa shape index (κ2) is 5.32. The molecular weight excluding hydrogens is 286 g/mol. The van der Waals surface area contributed by atoms with Gasteiger partial charge in [-0.1, -0.05) is 40.5 Å². The molecule has 112 valence electrons. The smallest absolute Gasteiger partial charge is 0.258 e. The second-order valence-electron chi connectivity index (χ2n) is 5.69. The molecule has 4 rings (SSSR count). The lowest BCUT2D eigenvalue weighted by Gasteiger charge is -2.00. The lowest BCUT2D eigenvalue weighted by molar-refractivity contribution is 0.432. The van der Waals surface area contributed by atoms with Crippen LogP contribution in [0.2, 0.25) is 0 Å². The summed E-state index contributed by atoms with van der Waals surface area (Å²) in [5.41, 5.74) is 4.92. The summed E-state index contributed by atoms with van der Waals surface area (Å²) in [5.74, 6) is 1.01. The van der Waals surface area contributed by atoms with Gasteiger partial charge in [-0.05, 0) is 44.2 Å². The van der Waals surface area contributed by atoms with Crippen molar-refractivity contribution >= 4 is 10.9 Å². The zero-order valence-corrected chi connectivity index (χ0v) is 12.9. The third-order valence-electron chi connectivity index (χ3n) is 3.76. The number of rotatable bonds is 2. The molecule has 4 nitrogen and oxygen atoms in total. The van der Waals surface area contributed by atoms with E-state index in [1.54, 1.807) is 0 Å². The molecule has 0 unspecified atom stereocenters. The molecule has 0 aliphatic heterocycles. The third-order valence-corrected chi connectivity index (χ3v) is 3.76. The number of aryl methyl sites for hydroxylation is 2. The molecule has 0 fully saturated rings. The van der Waals surface area contributed by atoms with E-state index in [4.69, 9.17) is 4.52 Å². The van der Waals surface area contributed by atoms with Crippen LogP contribution in [-0.2, 0) is 0 Å². The van der Waals surface area contributed by atoms with Crippen molar-refractivity contribution in [2.24, 2.45) is 0 Å². The Morgan fingerprint density at radius 2 is 1.70 bits per heavy atom. The van der Waals surface area contributed by atoms with Gasteiger partial charge in [0, 0.05) is 10.9 Å². The monoisotopic (exact) mass is 301 g/mol. The molecule has 0 bridgehead atoms. The summed E-state index contributed by atoms with van der Waals surface area (Å²) < 4.78 is 5.39. The van der Waals surface area contributed by atoms with Crippen molar-refractivity contribution in [3.63, 3.8) is 0 Å². The molecule has 0 saturated carbocycles. The number of nitrogens with zero attached hydrogens (tertiary/aromatic N) is 3. The van der Waals surface area contributed by atoms with Gasteiger partial charge < -0.3 is 4.52 Å². The molecule has 0 spiro atoms. The van der Waals surface area contributed by atoms with Gasteiger partial charge in [0.15, 0.2) is 0 Å². The minimum absolute atomic E-state index is 0.504. The van der Waals surface area contributed by atoms with Crippen LogP contribution in [0.5, 0.6) is 0 Å². The average molecular weight is 301 g/mol. The molecule has 2 heterocycles. The predicted molar refractivity (Wildman–Crippen MR) is 89.9 cm³/mol. The molecule has 0 saturated heterocycles. The lowest BCUT2D eigenvalue weighted by atomic mass is 10.1. The van der Waals surface area contributed by atoms with Crippen LogP contribution in [-0.4, -0.2) is 15.1 Å². The molecule has 0 aliphatic carbocycles. The maximum atomic E-state index is 5.39. The number of hydrogen-bond acceptors (Lipinski definition) is 4. The van der Waals surface area contributed by atoms with Gasteiger partial charge in [0.1, 0.15) is 5.69 Å². The Balaban J connectivity index is 1.75. The van der Waals surface area contributed by atoms with Gasteiger partial charge in [0.2, 0.25) is 5.82 Å². The first-order chi connectivity index (χ1) is 11.2. The zero-order valence-electron chi connectivity index (χ0n) is 12.9. The number of aromatic nitrogens is 3. The SMILES string of the molecule is Cc1cccc(-c2nc(-c3ccc4cc(C)ccc4n3)no2)c1. The fraction of sp³-hybridized carbons (Fsp3) is 0.105. The van der Waals surface area contributed by atoms with Gasteiger partial charge in [-0.3, -0.25) is 0 Å². The Morgan fingerprint density at radius 1 is 0.826 bits per heavy atom. The molecule has 2 aromatic heterocycles. The first-order valence-corrected chi connectivity index (χ1v) is 7.47. The molecule has 4 aromatic rings. The van der Waals surface area contributed by atoms with Crippen molar-refractivity contribution in [2.45, 2.75) is 13.8 Å². The summed E-state index contributed by atoms with van der Waals surface area (Å²) in [6, 6.07) is 18.1. The Morgan fingerprint density at radius 3 is 2.57 bits per heavy atom. The van der Waals surface area contributed by atoms with E-state index in [0.29, 0.717) is 17.4 Å². The highest BCUT2D eigenvalue weighted by atomic mass is 16.5. The Bertz CT molecular complexity index is 1000. The van der Waals surface area contributed by atoms with Gasteiger partial charge in [-0.25, -0.2) is 4.98 Å². The molecule has 2 aromatic carbocycles. The normalized spacial score (nSPS) is 11.0. The molecular formula is C19H15N3O. The van der Waals surface area contributed by atoms with E-state index in [1.165, 1.54) is 5.56 Å². The van der Waals surface area contributed by atoms with Gasteiger partial charge in [-0.15, -0.1) is 0 Å². The minimum atomic E-state index is 0.504. The van der Waals surface area contributed by atoms with Crippen LogP contribution in [0.15, 0.2) is 59.1 Å². The van der Waals surface area contributed by atoms with Gasteiger partial charge >= 0.3 is 0 Å². The number of pyridine rings is 1. The van der Waals surface area contributed by atoms with Crippen LogP contribution in [0.1, 0.15) is 11.1 Å². The number of benzene rings is 2. The highest BCUT2D eigenvalue weighted by Gasteiger charge is 2.12. The highest BCUT2D eigenvalue weighted by molar-refractivity contribution is 5.81. The predicted octanol–water partition coefficient (Wildman–Crippen LogP) is 4.57. The Labute approximate surface area is 133 Å². The summed E-state index contributed by atoms with van der Waals surface area (Å²) in [6.45, 7) is 4.11. The van der Waals surface area contributed by atoms with Crippen molar-refractivity contribution in [1.29, 1.82) is 0 Å². The van der Waals surface area contributed by atoms with Crippen molar-refractivity contribution in [3.8, 4) is 23.0 Å². The van der Waals surface area contributed by atoms with Crippen LogP contribution in [0.25, 0.3) is 33.9 Å². The molecule has 0 atom stereocenters. The quantitative estimate of drug-likeness (QED) is 0.544. The van der Waals surface area contributed by atoms with Crippen LogP contribution in [0.3, 0.4) is 0 Å². The van der Waals surface area contributed by atoms with E-state index in [0.717, 1.165) is 22.0 Å². The maximum Gasteiger partial charge on any atom is 0.258 e. The van der Waals surface area contributed by atoms with E-state index in [2.05, 4.69) is 28.1 Å². The third kappa shape index (κ3) is 2.59. The molecule has 23 heavy (non-hydrogen) atoms. The zero-order chi connectivity index (χ0) is 15.8. The molecule has 0 radical (unpaired) electrons. The van der Waals surface area contributed by atoms with E-state index in [1.807, 2.05) is 55.5 Å². The first-order valence-electron chi connectivity index (χ1n) is 7.47. The van der Waals surface area contributed by atoms with Crippen molar-refractivity contribution in [2.75, 3.05) is 0 Å². The lowest BCUT2D eigenvalue weighted by Crippen LogP contribution is -1.88. The number of hydrogen-bond donors (Lipinski definition) is 0. The summed E-state index contributed by atoms with van der Waals surface area (Å²) in [4.78, 5) is 9.10. The summed E-state index contributed by atoms with van der Waals surface area (Å²) >= 11 is 0. The van der Waals surface area contributed by atoms with E-state index >= 15 is 0 Å². The Hall–Kier alpha value is -3.01. The maximum absolute atomic E-state index is 5.39. The van der Waals surface area contributed by atoms with E-state index < -0.39 is 0 Å². The summed E-state index contributed by atoms with van der Waals surface area (Å²) in [7, 11) is 0. The van der Waals surface area contributed by atoms with Gasteiger partial charge in [-0.2, -0.15) is 4.98 Å². The van der Waals surface area contributed by atoms with E-state index in [9.17, 15) is 0 Å². The largest absolute Gasteiger partial charge is 0.334 e. The summed E-state index contributed by atoms with van der Waals surface area (Å²) in [5, 5.41) is 5.18. The van der Waals surface area contributed by atoms with Gasteiger partial charge in [0.25, 0.3) is 5.89 Å². The van der Waals surface area contributed by atoms with Crippen LogP contribution >= 0.6 is 0 Å². The highest BCUT2D eigenvalue weighted by Crippen LogP contribution is 2.23. The topological polar surface area (TPSA) is 51.8 Å². The minimum Gasteiger partial charge on any atom is -0.334 e. The van der Waals surface area contributed by atoms with Crippen molar-refractivity contribution in [3.05, 3.63) is 65.7 Å². The van der Waals surface area contributed by atoms with Crippen molar-refractivity contribution < 1.29 is 4.52 Å². The van der Waals surface area contributed by atoms with Crippen molar-refractivity contribution in [1.82, 2.24) is 15.1 Å². The fourth-order valence-corrected chi connectivity index (χ4v) is 2.59. The molecule has 0 amide bonds. The Kier molecular flexibility index (Phi) is 3.15. The summed E-state index contributed by atoms with van der Waals surface area (Å²) in [6.07, 6.45) is 0. The van der Waals surface area contributed by atoms with Crippen LogP contribution < -0.4 is 0 Å². The number of fused-ring (bicyclic) bond motifs is 1. The van der Waals surface area contributed by atoms with Gasteiger partial charge in [0.05, 0.1) is 5.52 Å². The fourth-order valence-electron chi connectivity index (χ4n) is 2.59. The van der Waals surface area contributed by atoms with Crippen LogP contribution in [0.4, 0.5) is 0 Å². The van der Waals surface area contributed by atoms with Crippen LogP contribution in [0, 0.1) is 13.8 Å². The van der Waals surface area contributed by atoms with E-state index in [-0.39, 0.29) is 0 Å². The molecule has 0 N–H and O–H groups in total. The average Bonchev–Trinajstić information content (AvgIpc) is 3.04. The molecule has 0 aliphatic rings. The standard InChI is InChI=1S/C19H15N3O/c1-12-4-3-5-15(11-12)19-21-18(22-23-19)17-9-7-14-10-13(2)6-8-16(14)20-17/h3-11H,1-2H3.